The number of rotatable bonds is 6. The molecule has 1 aliphatic rings. The number of anilines is 2. The number of nitrogens with two attached hydrogens (primary N) is 1. The van der Waals surface area contributed by atoms with Crippen LogP contribution < -0.4 is 21.1 Å². The van der Waals surface area contributed by atoms with Gasteiger partial charge >= 0.3 is 0 Å². The van der Waals surface area contributed by atoms with E-state index in [1.165, 1.54) is 12.1 Å². The lowest BCUT2D eigenvalue weighted by Crippen LogP contribution is -2.29. The van der Waals surface area contributed by atoms with Crippen LogP contribution in [-0.4, -0.2) is 25.1 Å². The van der Waals surface area contributed by atoms with Gasteiger partial charge in [0.05, 0.1) is 11.4 Å². The molecule has 138 valence electrons. The summed E-state index contributed by atoms with van der Waals surface area (Å²) in [5, 5.41) is 6.00. The van der Waals surface area contributed by atoms with Gasteiger partial charge < -0.3 is 21.1 Å². The average Bonchev–Trinajstić information content (AvgIpc) is 3.08. The van der Waals surface area contributed by atoms with Crippen LogP contribution >= 0.6 is 0 Å². The number of hydrogen-bond acceptors (Lipinski definition) is 4. The maximum Gasteiger partial charge on any atom is 0.254 e. The summed E-state index contributed by atoms with van der Waals surface area (Å²) >= 11 is 0. The molecule has 2 aromatic rings. The van der Waals surface area contributed by atoms with Gasteiger partial charge in [0.15, 0.2) is 0 Å². The first kappa shape index (κ1) is 18.1. The van der Waals surface area contributed by atoms with Crippen molar-refractivity contribution in [3.63, 3.8) is 0 Å². The number of amides is 1. The zero-order valence-electron chi connectivity index (χ0n) is 14.4. The van der Waals surface area contributed by atoms with E-state index in [1.54, 1.807) is 13.0 Å². The predicted molar refractivity (Wildman–Crippen MR) is 95.9 cm³/mol. The summed E-state index contributed by atoms with van der Waals surface area (Å²) in [6.07, 6.45) is 1.99. The standard InChI is InChI=1S/C19H21F2N3O2/c1-11-4-5-15(14(21)7-11)24-16-8-12(20)9-17(18(16)19(22)25)26-10-13-3-2-6-23-13/h4-5,7-9,13,23-24H,2-3,6,10H2,1H3,(H2,22,25). The van der Waals surface area contributed by atoms with Crippen molar-refractivity contribution in [2.45, 2.75) is 25.8 Å². The van der Waals surface area contributed by atoms with Gasteiger partial charge in [-0.25, -0.2) is 8.78 Å². The van der Waals surface area contributed by atoms with Crippen molar-refractivity contribution in [3.8, 4) is 5.75 Å². The SMILES string of the molecule is Cc1ccc(Nc2cc(F)cc(OCC3CCCN3)c2C(N)=O)c(F)c1. The summed E-state index contributed by atoms with van der Waals surface area (Å²) in [6, 6.07) is 6.92. The minimum absolute atomic E-state index is 0.00984. The van der Waals surface area contributed by atoms with E-state index in [9.17, 15) is 13.6 Å². The number of primary amides is 1. The van der Waals surface area contributed by atoms with Crippen LogP contribution in [0.4, 0.5) is 20.2 Å². The average molecular weight is 361 g/mol. The van der Waals surface area contributed by atoms with Crippen molar-refractivity contribution in [2.75, 3.05) is 18.5 Å². The molecule has 2 aromatic carbocycles. The zero-order chi connectivity index (χ0) is 18.7. The van der Waals surface area contributed by atoms with E-state index in [0.29, 0.717) is 6.61 Å². The molecule has 3 rings (SSSR count). The van der Waals surface area contributed by atoms with E-state index in [-0.39, 0.29) is 28.7 Å². The van der Waals surface area contributed by atoms with Crippen LogP contribution in [0.25, 0.3) is 0 Å². The van der Waals surface area contributed by atoms with Crippen molar-refractivity contribution >= 4 is 17.3 Å². The molecule has 1 atom stereocenters. The quantitative estimate of drug-likeness (QED) is 0.738. The molecule has 0 bridgehead atoms. The van der Waals surface area contributed by atoms with Crippen LogP contribution in [0.15, 0.2) is 30.3 Å². The highest BCUT2D eigenvalue weighted by Gasteiger charge is 2.21. The molecule has 0 radical (unpaired) electrons. The Hall–Kier alpha value is -2.67. The Balaban J connectivity index is 1.91. The summed E-state index contributed by atoms with van der Waals surface area (Å²) in [5.41, 5.74) is 6.39. The molecule has 0 saturated carbocycles. The highest BCUT2D eigenvalue weighted by Crippen LogP contribution is 2.31. The van der Waals surface area contributed by atoms with Crippen molar-refractivity contribution < 1.29 is 18.3 Å². The minimum Gasteiger partial charge on any atom is -0.491 e. The Morgan fingerprint density at radius 3 is 2.77 bits per heavy atom. The van der Waals surface area contributed by atoms with E-state index in [1.807, 2.05) is 0 Å². The molecule has 1 unspecified atom stereocenters. The molecular weight excluding hydrogens is 340 g/mol. The molecule has 7 heteroatoms. The third kappa shape index (κ3) is 4.11. The van der Waals surface area contributed by atoms with Gasteiger partial charge in [0.25, 0.3) is 5.91 Å². The highest BCUT2D eigenvalue weighted by molar-refractivity contribution is 6.02. The van der Waals surface area contributed by atoms with Gasteiger partial charge in [-0.1, -0.05) is 6.07 Å². The zero-order valence-corrected chi connectivity index (χ0v) is 14.4. The van der Waals surface area contributed by atoms with E-state index >= 15 is 0 Å². The largest absolute Gasteiger partial charge is 0.491 e. The second kappa shape index (κ2) is 7.70. The van der Waals surface area contributed by atoms with Gasteiger partial charge in [-0.05, 0) is 50.1 Å². The van der Waals surface area contributed by atoms with E-state index < -0.39 is 17.5 Å². The Morgan fingerprint density at radius 1 is 1.31 bits per heavy atom. The fraction of sp³-hybridized carbons (Fsp3) is 0.316. The molecule has 26 heavy (non-hydrogen) atoms. The number of benzene rings is 2. The number of hydrogen-bond donors (Lipinski definition) is 3. The van der Waals surface area contributed by atoms with Gasteiger partial charge in [0.2, 0.25) is 0 Å². The maximum atomic E-state index is 14.1. The van der Waals surface area contributed by atoms with Crippen LogP contribution in [0.3, 0.4) is 0 Å². The molecule has 0 aliphatic carbocycles. The lowest BCUT2D eigenvalue weighted by Gasteiger charge is -2.18. The van der Waals surface area contributed by atoms with Crippen LogP contribution in [0, 0.1) is 18.6 Å². The van der Waals surface area contributed by atoms with Gasteiger partial charge in [-0.2, -0.15) is 0 Å². The number of halogens is 2. The lowest BCUT2D eigenvalue weighted by atomic mass is 10.1. The van der Waals surface area contributed by atoms with E-state index in [0.717, 1.165) is 37.1 Å². The second-order valence-electron chi connectivity index (χ2n) is 6.40. The van der Waals surface area contributed by atoms with Crippen molar-refractivity contribution in [1.82, 2.24) is 5.32 Å². The second-order valence-corrected chi connectivity index (χ2v) is 6.40. The van der Waals surface area contributed by atoms with Gasteiger partial charge in [0.1, 0.15) is 29.6 Å². The molecule has 5 nitrogen and oxygen atoms in total. The molecule has 1 fully saturated rings. The number of ether oxygens (including phenoxy) is 1. The molecule has 1 heterocycles. The number of carbonyl (C=O) groups is 1. The number of carbonyl (C=O) groups excluding carboxylic acids is 1. The van der Waals surface area contributed by atoms with Crippen LogP contribution in [0.5, 0.6) is 5.75 Å². The van der Waals surface area contributed by atoms with Crippen molar-refractivity contribution in [3.05, 3.63) is 53.1 Å². The summed E-state index contributed by atoms with van der Waals surface area (Å²) in [6.45, 7) is 2.95. The molecule has 0 aromatic heterocycles. The Kier molecular flexibility index (Phi) is 5.37. The van der Waals surface area contributed by atoms with Crippen molar-refractivity contribution in [1.29, 1.82) is 0 Å². The number of nitrogens with one attached hydrogen (secondary N) is 2. The summed E-state index contributed by atoms with van der Waals surface area (Å²) in [7, 11) is 0. The summed E-state index contributed by atoms with van der Waals surface area (Å²) in [5.74, 6) is -1.86. The highest BCUT2D eigenvalue weighted by atomic mass is 19.1. The minimum atomic E-state index is -0.783. The first-order valence-electron chi connectivity index (χ1n) is 8.47. The third-order valence-electron chi connectivity index (χ3n) is 4.31. The monoisotopic (exact) mass is 361 g/mol. The lowest BCUT2D eigenvalue weighted by molar-refractivity contribution is 0.0996. The number of aryl methyl sites for hydroxylation is 1. The Labute approximate surface area is 150 Å². The van der Waals surface area contributed by atoms with Crippen molar-refractivity contribution in [2.24, 2.45) is 5.73 Å². The molecular formula is C19H21F2N3O2. The molecule has 1 amide bonds. The Bertz CT molecular complexity index is 821. The van der Waals surface area contributed by atoms with E-state index in [4.69, 9.17) is 10.5 Å². The summed E-state index contributed by atoms with van der Waals surface area (Å²) in [4.78, 5) is 11.9. The normalized spacial score (nSPS) is 16.5. The van der Waals surface area contributed by atoms with Gasteiger partial charge in [-0.3, -0.25) is 4.79 Å². The molecule has 1 aliphatic heterocycles. The molecule has 4 N–H and O–H groups in total. The van der Waals surface area contributed by atoms with Crippen LogP contribution in [0.2, 0.25) is 0 Å². The fourth-order valence-corrected chi connectivity index (χ4v) is 3.00. The maximum absolute atomic E-state index is 14.1. The Morgan fingerprint density at radius 2 is 2.12 bits per heavy atom. The van der Waals surface area contributed by atoms with Crippen LogP contribution in [-0.2, 0) is 0 Å². The third-order valence-corrected chi connectivity index (χ3v) is 4.31. The van der Waals surface area contributed by atoms with Crippen LogP contribution in [0.1, 0.15) is 28.8 Å². The molecule has 1 saturated heterocycles. The smallest absolute Gasteiger partial charge is 0.254 e. The van der Waals surface area contributed by atoms with E-state index in [2.05, 4.69) is 10.6 Å². The first-order valence-corrected chi connectivity index (χ1v) is 8.47. The summed E-state index contributed by atoms with van der Waals surface area (Å²) < 4.78 is 33.8. The van der Waals surface area contributed by atoms with Gasteiger partial charge in [-0.15, -0.1) is 0 Å². The van der Waals surface area contributed by atoms with Gasteiger partial charge in [0, 0.05) is 12.1 Å². The molecule has 0 spiro atoms. The predicted octanol–water partition coefficient (Wildman–Crippen LogP) is 3.25. The topological polar surface area (TPSA) is 76.4 Å². The fourth-order valence-electron chi connectivity index (χ4n) is 3.00. The first-order chi connectivity index (χ1) is 12.4.